The predicted octanol–water partition coefficient (Wildman–Crippen LogP) is 2.24. The summed E-state index contributed by atoms with van der Waals surface area (Å²) in [5.74, 6) is 0.317. The third-order valence-corrected chi connectivity index (χ3v) is 7.02. The Kier molecular flexibility index (Phi) is 11.0. The molecule has 4 aromatic carbocycles. The van der Waals surface area contributed by atoms with Gasteiger partial charge in [0.15, 0.2) is 8.32 Å². The van der Waals surface area contributed by atoms with Crippen LogP contribution in [-0.2, 0) is 28.7 Å². The Morgan fingerprint density at radius 1 is 0.857 bits per heavy atom. The van der Waals surface area contributed by atoms with Gasteiger partial charge >= 0.3 is 41.3 Å². The number of halogens is 2. The van der Waals surface area contributed by atoms with Gasteiger partial charge < -0.3 is 29.2 Å². The third kappa shape index (κ3) is 7.18. The number of fused-ring (bicyclic) bond motifs is 4. The van der Waals surface area contributed by atoms with Crippen LogP contribution in [-0.4, -0.2) is 18.1 Å². The second-order valence-electron chi connectivity index (χ2n) is 10.0. The van der Waals surface area contributed by atoms with Crippen LogP contribution >= 0.6 is 0 Å². The molecule has 0 saturated heterocycles. The molecule has 182 valence electrons. The van der Waals surface area contributed by atoms with Gasteiger partial charge in [-0.3, -0.25) is 0 Å². The number of rotatable bonds is 5. The minimum atomic E-state index is -1.50. The summed E-state index contributed by atoms with van der Waals surface area (Å²) in [5, 5.41) is 5.42. The van der Waals surface area contributed by atoms with E-state index in [1.165, 1.54) is 47.0 Å². The Morgan fingerprint density at radius 2 is 1.46 bits per heavy atom. The van der Waals surface area contributed by atoms with Crippen LogP contribution in [0, 0.1) is 0 Å². The molecular weight excluding hydrogens is 567 g/mol. The average molecular weight is 600 g/mol. The van der Waals surface area contributed by atoms with Crippen molar-refractivity contribution in [3.05, 3.63) is 95.1 Å². The maximum atomic E-state index is 6.21. The second-order valence-corrected chi connectivity index (χ2v) is 17.0. The first-order valence-corrected chi connectivity index (χ1v) is 16.4. The van der Waals surface area contributed by atoms with Crippen molar-refractivity contribution >= 4 is 39.1 Å². The normalized spacial score (nSPS) is 14.4. The smallest absolute Gasteiger partial charge is 0.183 e. The maximum absolute atomic E-state index is 6.21. The van der Waals surface area contributed by atoms with Crippen LogP contribution in [0.1, 0.15) is 42.9 Å². The van der Waals surface area contributed by atoms with Gasteiger partial charge in [-0.1, -0.05) is 77.9 Å². The zero-order valence-corrected chi connectivity index (χ0v) is 26.1. The Bertz CT molecular complexity index is 1330. The molecule has 0 radical (unpaired) electrons. The van der Waals surface area contributed by atoms with Gasteiger partial charge in [0.2, 0.25) is 0 Å². The van der Waals surface area contributed by atoms with Gasteiger partial charge in [-0.05, 0) is 37.2 Å². The zero-order valence-electron chi connectivity index (χ0n) is 21.2. The van der Waals surface area contributed by atoms with Crippen molar-refractivity contribution in [3.8, 4) is 0 Å². The molecule has 1 unspecified atom stereocenters. The molecule has 0 aromatic heterocycles. The van der Waals surface area contributed by atoms with Crippen molar-refractivity contribution in [2.24, 2.45) is 0 Å². The van der Waals surface area contributed by atoms with E-state index in [9.17, 15) is 0 Å². The Hall–Kier alpha value is -1.22. The van der Waals surface area contributed by atoms with Gasteiger partial charge in [-0.15, -0.1) is 33.7 Å². The van der Waals surface area contributed by atoms with Gasteiger partial charge in [0.25, 0.3) is 0 Å². The quantitative estimate of drug-likeness (QED) is 0.253. The molecule has 1 nitrogen and oxygen atoms in total. The van der Waals surface area contributed by atoms with Gasteiger partial charge in [-0.2, -0.15) is 0 Å². The van der Waals surface area contributed by atoms with E-state index in [1.54, 1.807) is 24.2 Å². The number of hydrogen-bond donors (Lipinski definition) is 0. The molecule has 5 rings (SSSR count). The monoisotopic (exact) mass is 597 g/mol. The van der Waals surface area contributed by atoms with Gasteiger partial charge in [0.1, 0.15) is 0 Å². The molecule has 1 atom stereocenters. The van der Waals surface area contributed by atoms with Gasteiger partial charge in [0.05, 0.1) is 0 Å². The fourth-order valence-corrected chi connectivity index (χ4v) is 5.42. The van der Waals surface area contributed by atoms with E-state index in [0.29, 0.717) is 5.92 Å². The first-order valence-electron chi connectivity index (χ1n) is 11.8. The molecule has 0 saturated carbocycles. The predicted molar refractivity (Wildman–Crippen MR) is 144 cm³/mol. The summed E-state index contributed by atoms with van der Waals surface area (Å²) in [7, 11) is -1.50. The van der Waals surface area contributed by atoms with Crippen LogP contribution in [0.2, 0.25) is 19.6 Å². The van der Waals surface area contributed by atoms with Gasteiger partial charge in [-0.25, -0.2) is 0 Å². The van der Waals surface area contributed by atoms with Crippen molar-refractivity contribution in [1.29, 1.82) is 0 Å². The van der Waals surface area contributed by atoms with E-state index in [4.69, 9.17) is 4.43 Å². The minimum absolute atomic E-state index is 0. The van der Waals surface area contributed by atoms with Crippen LogP contribution in [0.25, 0.3) is 27.6 Å². The Morgan fingerprint density at radius 3 is 2.17 bits per heavy atom. The Balaban J connectivity index is 0.000000672. The van der Waals surface area contributed by atoms with E-state index >= 15 is 0 Å². The molecule has 1 aliphatic rings. The summed E-state index contributed by atoms with van der Waals surface area (Å²) >= 11 is 1.55. The van der Waals surface area contributed by atoms with Crippen molar-refractivity contribution in [2.75, 3.05) is 6.61 Å². The molecular formula is C30H33Cl2OSiZr-. The van der Waals surface area contributed by atoms with Crippen molar-refractivity contribution in [1.82, 2.24) is 0 Å². The molecule has 35 heavy (non-hydrogen) atoms. The molecule has 0 fully saturated rings. The van der Waals surface area contributed by atoms with Crippen LogP contribution < -0.4 is 24.8 Å². The molecule has 4 aromatic rings. The largest absolute Gasteiger partial charge is 1.00 e. The van der Waals surface area contributed by atoms with E-state index in [-0.39, 0.29) is 24.8 Å². The maximum Gasteiger partial charge on any atom is 0.183 e. The van der Waals surface area contributed by atoms with Gasteiger partial charge in [0, 0.05) is 12.5 Å². The van der Waals surface area contributed by atoms with Crippen molar-refractivity contribution < 1.29 is 53.5 Å². The summed E-state index contributed by atoms with van der Waals surface area (Å²) in [6.45, 7) is 11.8. The zero-order chi connectivity index (χ0) is 23.6. The van der Waals surface area contributed by atoms with E-state index < -0.39 is 8.32 Å². The molecule has 5 heteroatoms. The second kappa shape index (κ2) is 12.8. The third-order valence-electron chi connectivity index (χ3n) is 5.95. The minimum Gasteiger partial charge on any atom is -1.00 e. The van der Waals surface area contributed by atoms with E-state index in [0.717, 1.165) is 13.0 Å². The molecule has 0 amide bonds. The van der Waals surface area contributed by atoms with E-state index in [2.05, 4.69) is 112 Å². The number of benzene rings is 3. The molecule has 1 aliphatic carbocycles. The van der Waals surface area contributed by atoms with Crippen molar-refractivity contribution in [3.63, 3.8) is 0 Å². The summed E-state index contributed by atoms with van der Waals surface area (Å²) in [6.07, 6.45) is 3.38. The molecule has 0 N–H and O–H groups in total. The fourth-order valence-electron chi connectivity index (χ4n) is 4.70. The van der Waals surface area contributed by atoms with Crippen LogP contribution in [0.5, 0.6) is 0 Å². The molecule has 0 spiro atoms. The van der Waals surface area contributed by atoms with E-state index in [1.807, 2.05) is 0 Å². The van der Waals surface area contributed by atoms with Crippen LogP contribution in [0.15, 0.2) is 78.4 Å². The SMILES string of the molecule is C[C](C)=[Zr+2].C[Si](C)(C)OCCC1=Cc2ccccc2C1c1cccc2c1[cH-]c1ccccc12.[Cl-].[Cl-]. The van der Waals surface area contributed by atoms with Crippen LogP contribution in [0.3, 0.4) is 0 Å². The standard InChI is InChI=1S/C27H27OSi.C3H6.2ClH.Zr/c1-29(2,3)28-16-15-21-17-19-9-5-7-12-23(19)27(21)25-14-8-13-24-22-11-6-4-10-20(22)18-26(24)25;1-3-2;;;/h4-14,17-18,27H,15-16H2,1-3H3;1-2H3;2*1H;/q-1;;;;+2/p-2. The summed E-state index contributed by atoms with van der Waals surface area (Å²) in [6, 6.07) is 26.8. The van der Waals surface area contributed by atoms with Crippen LogP contribution in [0.4, 0.5) is 0 Å². The number of hydrogen-bond acceptors (Lipinski definition) is 1. The average Bonchev–Trinajstić information content (AvgIpc) is 3.30. The Labute approximate surface area is 238 Å². The molecule has 0 aliphatic heterocycles. The summed E-state index contributed by atoms with van der Waals surface area (Å²) < 4.78 is 7.71. The summed E-state index contributed by atoms with van der Waals surface area (Å²) in [4.78, 5) is 0. The first-order chi connectivity index (χ1) is 15.7. The topological polar surface area (TPSA) is 9.23 Å². The first kappa shape index (κ1) is 30.0. The fraction of sp³-hybridized carbons (Fsp3) is 0.267. The molecule has 0 heterocycles. The molecule has 0 bridgehead atoms. The summed E-state index contributed by atoms with van der Waals surface area (Å²) in [5.41, 5.74) is 5.67. The van der Waals surface area contributed by atoms with Crippen molar-refractivity contribution in [2.45, 2.75) is 45.8 Å².